The first-order chi connectivity index (χ1) is 9.40. The summed E-state index contributed by atoms with van der Waals surface area (Å²) in [6, 6.07) is 2.82. The molecule has 2 rings (SSSR count). The fourth-order valence-corrected chi connectivity index (χ4v) is 2.72. The van der Waals surface area contributed by atoms with Crippen molar-refractivity contribution in [2.24, 2.45) is 0 Å². The van der Waals surface area contributed by atoms with E-state index in [1.54, 1.807) is 0 Å². The molecule has 1 saturated carbocycles. The molecule has 0 radical (unpaired) electrons. The number of hydrogen-bond donors (Lipinski definition) is 1. The van der Waals surface area contributed by atoms with E-state index in [9.17, 15) is 0 Å². The summed E-state index contributed by atoms with van der Waals surface area (Å²) >= 11 is 0. The van der Waals surface area contributed by atoms with E-state index in [0.29, 0.717) is 6.04 Å². The van der Waals surface area contributed by atoms with Gasteiger partial charge in [0.25, 0.3) is 0 Å². The molecule has 0 atom stereocenters. The summed E-state index contributed by atoms with van der Waals surface area (Å²) in [6.07, 6.45) is 15.5. The molecule has 0 saturated heterocycles. The lowest BCUT2D eigenvalue weighted by atomic mass is 9.96. The molecule has 0 spiro atoms. The topological polar surface area (TPSA) is 29.9 Å². The molecule has 1 heterocycles. The van der Waals surface area contributed by atoms with E-state index < -0.39 is 0 Å². The number of nitrogens with one attached hydrogen (secondary N) is 1. The Morgan fingerprint density at radius 1 is 1.32 bits per heavy atom. The fourth-order valence-electron chi connectivity index (χ4n) is 2.72. The summed E-state index contributed by atoms with van der Waals surface area (Å²) in [5.74, 6) is 0. The summed E-state index contributed by atoms with van der Waals surface area (Å²) in [7, 11) is 0. The highest BCUT2D eigenvalue weighted by Gasteiger charge is 2.15. The van der Waals surface area contributed by atoms with Crippen molar-refractivity contribution in [1.29, 1.82) is 0 Å². The minimum absolute atomic E-state index is 0.653. The van der Waals surface area contributed by atoms with Gasteiger partial charge in [0.15, 0.2) is 0 Å². The maximum atomic E-state index is 4.72. The van der Waals surface area contributed by atoms with Crippen LogP contribution in [0.1, 0.15) is 57.2 Å². The molecule has 1 aromatic rings. The molecular formula is C16H27N3. The van der Waals surface area contributed by atoms with Gasteiger partial charge in [-0.15, -0.1) is 0 Å². The van der Waals surface area contributed by atoms with E-state index in [1.165, 1.54) is 37.8 Å². The summed E-state index contributed by atoms with van der Waals surface area (Å²) in [5, 5.41) is 8.04. The minimum Gasteiger partial charge on any atom is -0.317 e. The maximum absolute atomic E-state index is 4.72. The number of hydrogen-bond acceptors (Lipinski definition) is 2. The Kier molecular flexibility index (Phi) is 6.15. The first-order valence-electron chi connectivity index (χ1n) is 7.80. The average Bonchev–Trinajstić information content (AvgIpc) is 2.92. The minimum atomic E-state index is 0.653. The molecule has 19 heavy (non-hydrogen) atoms. The zero-order valence-corrected chi connectivity index (χ0v) is 12.1. The van der Waals surface area contributed by atoms with Gasteiger partial charge in [0.1, 0.15) is 0 Å². The molecule has 1 aromatic heterocycles. The quantitative estimate of drug-likeness (QED) is 0.601. The van der Waals surface area contributed by atoms with Gasteiger partial charge in [-0.25, -0.2) is 0 Å². The highest BCUT2D eigenvalue weighted by Crippen LogP contribution is 2.27. The van der Waals surface area contributed by atoms with Crippen molar-refractivity contribution >= 4 is 0 Å². The van der Waals surface area contributed by atoms with Gasteiger partial charge in [0, 0.05) is 12.6 Å². The van der Waals surface area contributed by atoms with Crippen LogP contribution in [0.15, 0.2) is 24.4 Å². The van der Waals surface area contributed by atoms with Crippen LogP contribution in [0.3, 0.4) is 0 Å². The van der Waals surface area contributed by atoms with E-state index in [1.807, 2.05) is 0 Å². The van der Waals surface area contributed by atoms with Crippen LogP contribution in [0.25, 0.3) is 0 Å². The molecule has 0 aliphatic heterocycles. The molecular weight excluding hydrogens is 234 g/mol. The summed E-state index contributed by atoms with van der Waals surface area (Å²) in [4.78, 5) is 0. The Morgan fingerprint density at radius 2 is 2.16 bits per heavy atom. The molecule has 0 aromatic carbocycles. The Balaban J connectivity index is 1.74. The summed E-state index contributed by atoms with van der Waals surface area (Å²) < 4.78 is 2.20. The molecule has 3 nitrogen and oxygen atoms in total. The van der Waals surface area contributed by atoms with E-state index >= 15 is 0 Å². The smallest absolute Gasteiger partial charge is 0.0662 e. The van der Waals surface area contributed by atoms with Crippen molar-refractivity contribution < 1.29 is 0 Å². The second-order valence-corrected chi connectivity index (χ2v) is 5.40. The highest BCUT2D eigenvalue weighted by atomic mass is 15.3. The lowest BCUT2D eigenvalue weighted by Crippen LogP contribution is -2.13. The van der Waals surface area contributed by atoms with Crippen molar-refractivity contribution in [3.05, 3.63) is 30.1 Å². The van der Waals surface area contributed by atoms with Crippen LogP contribution in [0.4, 0.5) is 0 Å². The van der Waals surface area contributed by atoms with E-state index in [2.05, 4.69) is 41.3 Å². The van der Waals surface area contributed by atoms with Gasteiger partial charge < -0.3 is 5.32 Å². The van der Waals surface area contributed by atoms with Gasteiger partial charge in [0.05, 0.1) is 11.7 Å². The van der Waals surface area contributed by atoms with Crippen molar-refractivity contribution in [3.8, 4) is 0 Å². The van der Waals surface area contributed by atoms with E-state index in [-0.39, 0.29) is 0 Å². The normalized spacial score (nSPS) is 17.3. The van der Waals surface area contributed by atoms with Crippen LogP contribution >= 0.6 is 0 Å². The largest absolute Gasteiger partial charge is 0.317 e. The van der Waals surface area contributed by atoms with Gasteiger partial charge in [-0.2, -0.15) is 5.10 Å². The van der Waals surface area contributed by atoms with Crippen molar-refractivity contribution in [3.63, 3.8) is 0 Å². The zero-order chi connectivity index (χ0) is 13.3. The van der Waals surface area contributed by atoms with Gasteiger partial charge in [0.2, 0.25) is 0 Å². The molecule has 106 valence electrons. The molecule has 0 unspecified atom stereocenters. The number of nitrogens with zero attached hydrogens (tertiary/aromatic N) is 2. The van der Waals surface area contributed by atoms with Crippen LogP contribution in [0.2, 0.25) is 0 Å². The molecule has 1 N–H and O–H groups in total. The fraction of sp³-hybridized carbons (Fsp3) is 0.688. The maximum Gasteiger partial charge on any atom is 0.0662 e. The average molecular weight is 261 g/mol. The summed E-state index contributed by atoms with van der Waals surface area (Å²) in [5.41, 5.74) is 1.20. The number of aromatic nitrogens is 2. The van der Waals surface area contributed by atoms with Gasteiger partial charge in [-0.1, -0.05) is 38.3 Å². The second kappa shape index (κ2) is 8.16. The SMILES string of the molecule is CCNCCC=CCc1ccn(C2CCCCC2)n1. The number of rotatable bonds is 7. The van der Waals surface area contributed by atoms with Crippen LogP contribution in [-0.4, -0.2) is 22.9 Å². The summed E-state index contributed by atoms with van der Waals surface area (Å²) in [6.45, 7) is 4.27. The van der Waals surface area contributed by atoms with Crippen LogP contribution in [-0.2, 0) is 6.42 Å². The van der Waals surface area contributed by atoms with Crippen molar-refractivity contribution in [2.45, 2.75) is 57.9 Å². The predicted octanol–water partition coefficient (Wildman–Crippen LogP) is 3.49. The molecule has 1 aliphatic rings. The Bertz CT molecular complexity index is 375. The molecule has 0 bridgehead atoms. The van der Waals surface area contributed by atoms with Gasteiger partial charge >= 0.3 is 0 Å². The second-order valence-electron chi connectivity index (χ2n) is 5.40. The first-order valence-corrected chi connectivity index (χ1v) is 7.80. The highest BCUT2D eigenvalue weighted by molar-refractivity contribution is 5.05. The number of allylic oxidation sites excluding steroid dienone is 1. The van der Waals surface area contributed by atoms with Crippen molar-refractivity contribution in [1.82, 2.24) is 15.1 Å². The zero-order valence-electron chi connectivity index (χ0n) is 12.1. The molecule has 0 amide bonds. The lowest BCUT2D eigenvalue weighted by molar-refractivity contribution is 0.328. The third kappa shape index (κ3) is 4.83. The standard InChI is InChI=1S/C16H27N3/c1-2-17-13-8-4-5-9-15-12-14-19(18-15)16-10-6-3-7-11-16/h4-5,12,14,16-17H,2-3,6-11,13H2,1H3. The van der Waals surface area contributed by atoms with Crippen LogP contribution < -0.4 is 5.32 Å². The van der Waals surface area contributed by atoms with E-state index in [0.717, 1.165) is 25.9 Å². The Morgan fingerprint density at radius 3 is 2.95 bits per heavy atom. The molecule has 1 fully saturated rings. The van der Waals surface area contributed by atoms with E-state index in [4.69, 9.17) is 5.10 Å². The third-order valence-electron chi connectivity index (χ3n) is 3.84. The van der Waals surface area contributed by atoms with Crippen LogP contribution in [0.5, 0.6) is 0 Å². The monoisotopic (exact) mass is 261 g/mol. The lowest BCUT2D eigenvalue weighted by Gasteiger charge is -2.21. The Hall–Kier alpha value is -1.09. The van der Waals surface area contributed by atoms with Gasteiger partial charge in [-0.3, -0.25) is 4.68 Å². The third-order valence-corrected chi connectivity index (χ3v) is 3.84. The predicted molar refractivity (Wildman–Crippen MR) is 80.4 cm³/mol. The first kappa shape index (κ1) is 14.3. The molecule has 3 heteroatoms. The van der Waals surface area contributed by atoms with Crippen molar-refractivity contribution in [2.75, 3.05) is 13.1 Å². The van der Waals surface area contributed by atoms with Crippen LogP contribution in [0, 0.1) is 0 Å². The Labute approximate surface area is 117 Å². The van der Waals surface area contributed by atoms with Gasteiger partial charge in [-0.05, 0) is 38.4 Å². The molecule has 1 aliphatic carbocycles.